The highest BCUT2D eigenvalue weighted by Gasteiger charge is 2.05. The zero-order valence-electron chi connectivity index (χ0n) is 16.4. The molecule has 0 fully saturated rings. The van der Waals surface area contributed by atoms with Gasteiger partial charge in [-0.25, -0.2) is 13.4 Å². The van der Waals surface area contributed by atoms with Crippen molar-refractivity contribution in [3.63, 3.8) is 0 Å². The molecule has 0 atom stereocenters. The number of methoxy groups -OCH3 is 1. The van der Waals surface area contributed by atoms with Gasteiger partial charge >= 0.3 is 0 Å². The number of nitrogens with zero attached hydrogens (tertiary/aromatic N) is 1. The standard InChI is InChI=1S/C20H27N3O3S.HI/c1-4-21-20(23-14-18-6-5-7-19(12-18)26-2)22-13-16-8-10-17(11-9-16)15-27(3,24)25;/h5-12H,4,13-15H2,1-3H3,(H2,21,22,23);1H. The van der Waals surface area contributed by atoms with Gasteiger partial charge in [-0.05, 0) is 35.7 Å². The second-order valence-corrected chi connectivity index (χ2v) is 8.43. The van der Waals surface area contributed by atoms with Crippen LogP contribution in [0.2, 0.25) is 0 Å². The highest BCUT2D eigenvalue weighted by Crippen LogP contribution is 2.13. The number of sulfone groups is 1. The molecule has 28 heavy (non-hydrogen) atoms. The van der Waals surface area contributed by atoms with Gasteiger partial charge in [0.15, 0.2) is 15.8 Å². The van der Waals surface area contributed by atoms with Crippen LogP contribution in [0.25, 0.3) is 0 Å². The average molecular weight is 517 g/mol. The molecule has 6 nitrogen and oxygen atoms in total. The van der Waals surface area contributed by atoms with Crippen LogP contribution in [0.3, 0.4) is 0 Å². The Balaban J connectivity index is 0.00000392. The molecule has 0 amide bonds. The summed E-state index contributed by atoms with van der Waals surface area (Å²) < 4.78 is 28.0. The molecule has 154 valence electrons. The lowest BCUT2D eigenvalue weighted by Crippen LogP contribution is -2.36. The van der Waals surface area contributed by atoms with E-state index >= 15 is 0 Å². The molecule has 2 aromatic carbocycles. The highest BCUT2D eigenvalue weighted by atomic mass is 127. The predicted molar refractivity (Wildman–Crippen MR) is 125 cm³/mol. The van der Waals surface area contributed by atoms with E-state index < -0.39 is 9.84 Å². The molecule has 0 aliphatic carbocycles. The zero-order valence-corrected chi connectivity index (χ0v) is 19.6. The van der Waals surface area contributed by atoms with E-state index in [0.29, 0.717) is 13.1 Å². The molecule has 2 N–H and O–H groups in total. The summed E-state index contributed by atoms with van der Waals surface area (Å²) in [7, 11) is -1.37. The fraction of sp³-hybridized carbons (Fsp3) is 0.350. The van der Waals surface area contributed by atoms with Gasteiger partial charge in [0.2, 0.25) is 0 Å². The van der Waals surface area contributed by atoms with Crippen molar-refractivity contribution in [2.75, 3.05) is 19.9 Å². The lowest BCUT2D eigenvalue weighted by Gasteiger charge is -2.12. The zero-order chi connectivity index (χ0) is 19.7. The molecule has 2 aromatic rings. The number of ether oxygens (including phenoxy) is 1. The summed E-state index contributed by atoms with van der Waals surface area (Å²) in [5.41, 5.74) is 2.91. The monoisotopic (exact) mass is 517 g/mol. The maximum Gasteiger partial charge on any atom is 0.191 e. The fourth-order valence-electron chi connectivity index (χ4n) is 2.52. The summed E-state index contributed by atoms with van der Waals surface area (Å²) in [5.74, 6) is 1.60. The van der Waals surface area contributed by atoms with Gasteiger partial charge in [-0.15, -0.1) is 24.0 Å². The Morgan fingerprint density at radius 2 is 1.71 bits per heavy atom. The normalized spacial score (nSPS) is 11.5. The van der Waals surface area contributed by atoms with E-state index in [0.717, 1.165) is 34.9 Å². The van der Waals surface area contributed by atoms with E-state index in [1.807, 2.05) is 55.5 Å². The van der Waals surface area contributed by atoms with E-state index in [4.69, 9.17) is 4.74 Å². The average Bonchev–Trinajstić information content (AvgIpc) is 2.64. The Morgan fingerprint density at radius 1 is 1.04 bits per heavy atom. The number of halogens is 1. The van der Waals surface area contributed by atoms with Gasteiger partial charge in [0, 0.05) is 19.3 Å². The molecule has 0 saturated carbocycles. The predicted octanol–water partition coefficient (Wildman–Crippen LogP) is 3.11. The van der Waals surface area contributed by atoms with E-state index in [-0.39, 0.29) is 29.7 Å². The number of aliphatic imine (C=N–C) groups is 1. The Bertz CT molecular complexity index is 869. The van der Waals surface area contributed by atoms with E-state index in [2.05, 4.69) is 15.6 Å². The first-order valence-electron chi connectivity index (χ1n) is 8.80. The Hall–Kier alpha value is -1.81. The van der Waals surface area contributed by atoms with Crippen LogP contribution in [0.1, 0.15) is 23.6 Å². The number of benzene rings is 2. The number of guanidine groups is 1. The molecule has 0 heterocycles. The van der Waals surface area contributed by atoms with Crippen LogP contribution < -0.4 is 15.4 Å². The minimum atomic E-state index is -3.02. The van der Waals surface area contributed by atoms with Gasteiger partial charge in [-0.3, -0.25) is 0 Å². The first-order chi connectivity index (χ1) is 12.9. The maximum absolute atomic E-state index is 11.4. The van der Waals surface area contributed by atoms with Crippen molar-refractivity contribution in [2.45, 2.75) is 25.8 Å². The SMILES string of the molecule is CCNC(=NCc1cccc(OC)c1)NCc1ccc(CS(C)(=O)=O)cc1.I. The number of nitrogens with one attached hydrogen (secondary N) is 2. The van der Waals surface area contributed by atoms with E-state index in [9.17, 15) is 8.42 Å². The van der Waals surface area contributed by atoms with Crippen LogP contribution in [-0.2, 0) is 28.7 Å². The third-order valence-corrected chi connectivity index (χ3v) is 4.67. The highest BCUT2D eigenvalue weighted by molar-refractivity contribution is 14.0. The van der Waals surface area contributed by atoms with Gasteiger partial charge in [0.25, 0.3) is 0 Å². The molecule has 0 aliphatic rings. The maximum atomic E-state index is 11.4. The Labute approximate surface area is 184 Å². The molecule has 0 spiro atoms. The molecule has 0 aromatic heterocycles. The van der Waals surface area contributed by atoms with E-state index in [1.54, 1.807) is 7.11 Å². The first-order valence-corrected chi connectivity index (χ1v) is 10.9. The second-order valence-electron chi connectivity index (χ2n) is 6.29. The van der Waals surface area contributed by atoms with Gasteiger partial charge in [-0.2, -0.15) is 0 Å². The van der Waals surface area contributed by atoms with Crippen LogP contribution in [0.15, 0.2) is 53.5 Å². The summed E-state index contributed by atoms with van der Waals surface area (Å²) >= 11 is 0. The molecule has 0 bridgehead atoms. The molecule has 2 rings (SSSR count). The van der Waals surface area contributed by atoms with Crippen LogP contribution in [-0.4, -0.2) is 34.3 Å². The Morgan fingerprint density at radius 3 is 2.32 bits per heavy atom. The minimum Gasteiger partial charge on any atom is -0.497 e. The topological polar surface area (TPSA) is 79.8 Å². The number of hydrogen-bond donors (Lipinski definition) is 2. The van der Waals surface area contributed by atoms with Crippen molar-refractivity contribution in [3.05, 3.63) is 65.2 Å². The Kier molecular flexibility index (Phi) is 10.3. The molecular formula is C20H28IN3O3S. The molecule has 0 saturated heterocycles. The van der Waals surface area contributed by atoms with Gasteiger partial charge in [0.05, 0.1) is 19.4 Å². The smallest absolute Gasteiger partial charge is 0.191 e. The first kappa shape index (κ1) is 24.2. The number of hydrogen-bond acceptors (Lipinski definition) is 4. The minimum absolute atomic E-state index is 0. The molecule has 0 aliphatic heterocycles. The van der Waals surface area contributed by atoms with Crippen molar-refractivity contribution >= 4 is 39.8 Å². The lowest BCUT2D eigenvalue weighted by molar-refractivity contribution is 0.414. The third kappa shape index (κ3) is 8.92. The molecular weight excluding hydrogens is 489 g/mol. The van der Waals surface area contributed by atoms with Gasteiger partial charge in [0.1, 0.15) is 5.75 Å². The van der Waals surface area contributed by atoms with Crippen LogP contribution in [0, 0.1) is 0 Å². The van der Waals surface area contributed by atoms with Crippen molar-refractivity contribution in [1.29, 1.82) is 0 Å². The summed E-state index contributed by atoms with van der Waals surface area (Å²) in [6.07, 6.45) is 1.24. The van der Waals surface area contributed by atoms with Crippen molar-refractivity contribution in [3.8, 4) is 5.75 Å². The summed E-state index contributed by atoms with van der Waals surface area (Å²) in [6, 6.07) is 15.4. The van der Waals surface area contributed by atoms with Crippen molar-refractivity contribution in [1.82, 2.24) is 10.6 Å². The molecule has 0 radical (unpaired) electrons. The molecule has 0 unspecified atom stereocenters. The van der Waals surface area contributed by atoms with Gasteiger partial charge < -0.3 is 15.4 Å². The summed E-state index contributed by atoms with van der Waals surface area (Å²) in [5, 5.41) is 6.52. The summed E-state index contributed by atoms with van der Waals surface area (Å²) in [4.78, 5) is 4.60. The third-order valence-electron chi connectivity index (χ3n) is 3.81. The van der Waals surface area contributed by atoms with E-state index in [1.165, 1.54) is 6.26 Å². The van der Waals surface area contributed by atoms with Crippen molar-refractivity contribution in [2.24, 2.45) is 4.99 Å². The second kappa shape index (κ2) is 11.9. The summed E-state index contributed by atoms with van der Waals surface area (Å²) in [6.45, 7) is 3.92. The molecule has 8 heteroatoms. The lowest BCUT2D eigenvalue weighted by atomic mass is 10.1. The van der Waals surface area contributed by atoms with Crippen molar-refractivity contribution < 1.29 is 13.2 Å². The van der Waals surface area contributed by atoms with Gasteiger partial charge in [-0.1, -0.05) is 36.4 Å². The van der Waals surface area contributed by atoms with Crippen LogP contribution in [0.4, 0.5) is 0 Å². The quantitative estimate of drug-likeness (QED) is 0.320. The van der Waals surface area contributed by atoms with Crippen LogP contribution in [0.5, 0.6) is 5.75 Å². The fourth-order valence-corrected chi connectivity index (χ4v) is 3.32. The van der Waals surface area contributed by atoms with Crippen LogP contribution >= 0.6 is 24.0 Å². The number of rotatable bonds is 8. The largest absolute Gasteiger partial charge is 0.497 e.